The minimum absolute atomic E-state index is 0.0716. The molecular formula is C26H25F4N5O2. The number of rotatable bonds is 4. The van der Waals surface area contributed by atoms with E-state index in [0.717, 1.165) is 17.4 Å². The molecule has 2 fully saturated rings. The van der Waals surface area contributed by atoms with Gasteiger partial charge in [-0.2, -0.15) is 18.3 Å². The number of pyridine rings is 2. The second-order valence-corrected chi connectivity index (χ2v) is 9.57. The van der Waals surface area contributed by atoms with Crippen molar-refractivity contribution in [2.75, 3.05) is 24.6 Å². The summed E-state index contributed by atoms with van der Waals surface area (Å²) in [5, 5.41) is 5.37. The molecule has 0 amide bonds. The summed E-state index contributed by atoms with van der Waals surface area (Å²) in [6, 6.07) is 9.96. The molecule has 2 saturated heterocycles. The monoisotopic (exact) mass is 515 g/mol. The Balaban J connectivity index is 1.69. The van der Waals surface area contributed by atoms with Crippen molar-refractivity contribution in [3.05, 3.63) is 52.9 Å². The minimum Gasteiger partial charge on any atom is -0.356 e. The molecule has 0 N–H and O–H groups in total. The number of halogens is 4. The van der Waals surface area contributed by atoms with Gasteiger partial charge in [0.1, 0.15) is 24.2 Å². The van der Waals surface area contributed by atoms with Gasteiger partial charge in [-0.25, -0.2) is 14.1 Å². The maximum Gasteiger partial charge on any atom is 0.406 e. The van der Waals surface area contributed by atoms with Crippen LogP contribution in [0.5, 0.6) is 0 Å². The lowest BCUT2D eigenvalue weighted by Gasteiger charge is -2.24. The Morgan fingerprint density at radius 2 is 1.92 bits per heavy atom. The molecule has 0 radical (unpaired) electrons. The molecule has 0 spiro atoms. The van der Waals surface area contributed by atoms with Crippen LogP contribution in [0.3, 0.4) is 0 Å². The number of hydrogen-bond donors (Lipinski definition) is 0. The van der Waals surface area contributed by atoms with Crippen LogP contribution < -0.4 is 10.5 Å². The molecule has 37 heavy (non-hydrogen) atoms. The van der Waals surface area contributed by atoms with Crippen LogP contribution in [-0.2, 0) is 11.3 Å². The number of aromatic nitrogens is 4. The molecule has 0 bridgehead atoms. The summed E-state index contributed by atoms with van der Waals surface area (Å²) < 4.78 is 63.3. The molecule has 7 nitrogen and oxygen atoms in total. The quantitative estimate of drug-likeness (QED) is 0.349. The number of alkyl halides is 4. The normalized spacial score (nSPS) is 20.8. The summed E-state index contributed by atoms with van der Waals surface area (Å²) in [6.07, 6.45) is -1.70. The van der Waals surface area contributed by atoms with Crippen molar-refractivity contribution >= 4 is 27.6 Å². The number of anilines is 1. The number of ether oxygens (including phenoxy) is 1. The van der Waals surface area contributed by atoms with E-state index in [1.807, 2.05) is 0 Å². The third-order valence-electron chi connectivity index (χ3n) is 7.06. The smallest absolute Gasteiger partial charge is 0.356 e. The van der Waals surface area contributed by atoms with Gasteiger partial charge in [0.25, 0.3) is 5.56 Å². The van der Waals surface area contributed by atoms with Crippen molar-refractivity contribution in [3.63, 3.8) is 0 Å². The Morgan fingerprint density at radius 1 is 1.08 bits per heavy atom. The van der Waals surface area contributed by atoms with Crippen LogP contribution in [0.2, 0.25) is 0 Å². The SMILES string of the molecule is O=c1c2c(-c3cccnc3N3CCC(F)C3)nn(C3CCCCO3)c2c2ccccc2n1CC(F)(F)F. The summed E-state index contributed by atoms with van der Waals surface area (Å²) in [6.45, 7) is -0.316. The van der Waals surface area contributed by atoms with Crippen molar-refractivity contribution in [2.45, 2.75) is 50.8 Å². The number of para-hydroxylation sites is 1. The lowest BCUT2D eigenvalue weighted by atomic mass is 10.1. The Hall–Kier alpha value is -3.47. The topological polar surface area (TPSA) is 65.2 Å². The third-order valence-corrected chi connectivity index (χ3v) is 7.06. The molecule has 2 aliphatic rings. The molecule has 5 heterocycles. The molecule has 194 valence electrons. The van der Waals surface area contributed by atoms with E-state index in [1.165, 1.54) is 6.07 Å². The van der Waals surface area contributed by atoms with Crippen molar-refractivity contribution in [2.24, 2.45) is 0 Å². The van der Waals surface area contributed by atoms with Crippen molar-refractivity contribution in [1.82, 2.24) is 19.3 Å². The highest BCUT2D eigenvalue weighted by Crippen LogP contribution is 2.38. The first-order valence-electron chi connectivity index (χ1n) is 12.4. The molecule has 0 aliphatic carbocycles. The summed E-state index contributed by atoms with van der Waals surface area (Å²) in [5.74, 6) is 0.452. The number of benzene rings is 1. The molecule has 2 unspecified atom stereocenters. The predicted octanol–water partition coefficient (Wildman–Crippen LogP) is 5.22. The van der Waals surface area contributed by atoms with E-state index >= 15 is 0 Å². The largest absolute Gasteiger partial charge is 0.406 e. The van der Waals surface area contributed by atoms with Gasteiger partial charge >= 0.3 is 6.18 Å². The van der Waals surface area contributed by atoms with Gasteiger partial charge in [0.15, 0.2) is 6.23 Å². The van der Waals surface area contributed by atoms with Crippen LogP contribution in [0.1, 0.15) is 31.9 Å². The summed E-state index contributed by atoms with van der Waals surface area (Å²) in [4.78, 5) is 20.1. The molecule has 2 aliphatic heterocycles. The van der Waals surface area contributed by atoms with Crippen LogP contribution >= 0.6 is 0 Å². The van der Waals surface area contributed by atoms with E-state index in [-0.39, 0.29) is 23.1 Å². The number of fused-ring (bicyclic) bond motifs is 3. The fourth-order valence-corrected chi connectivity index (χ4v) is 5.44. The van der Waals surface area contributed by atoms with Crippen molar-refractivity contribution < 1.29 is 22.3 Å². The second kappa shape index (κ2) is 9.13. The highest BCUT2D eigenvalue weighted by molar-refractivity contribution is 6.09. The molecule has 11 heteroatoms. The molecule has 6 rings (SSSR count). The van der Waals surface area contributed by atoms with Gasteiger partial charge in [0, 0.05) is 30.3 Å². The van der Waals surface area contributed by atoms with E-state index in [2.05, 4.69) is 4.98 Å². The molecular weight excluding hydrogens is 490 g/mol. The predicted molar refractivity (Wildman–Crippen MR) is 131 cm³/mol. The minimum atomic E-state index is -4.60. The Morgan fingerprint density at radius 3 is 2.65 bits per heavy atom. The van der Waals surface area contributed by atoms with Gasteiger partial charge < -0.3 is 9.64 Å². The fraction of sp³-hybridized carbons (Fsp3) is 0.423. The van der Waals surface area contributed by atoms with Gasteiger partial charge in [0.2, 0.25) is 0 Å². The summed E-state index contributed by atoms with van der Waals surface area (Å²) >= 11 is 0. The Bertz CT molecular complexity index is 1520. The van der Waals surface area contributed by atoms with Crippen LogP contribution in [0, 0.1) is 0 Å². The first-order valence-corrected chi connectivity index (χ1v) is 12.4. The van der Waals surface area contributed by atoms with Gasteiger partial charge in [-0.15, -0.1) is 0 Å². The summed E-state index contributed by atoms with van der Waals surface area (Å²) in [7, 11) is 0. The second-order valence-electron chi connectivity index (χ2n) is 9.57. The molecule has 0 saturated carbocycles. The maximum atomic E-state index is 14.1. The zero-order valence-corrected chi connectivity index (χ0v) is 19.9. The third kappa shape index (κ3) is 4.24. The van der Waals surface area contributed by atoms with E-state index in [1.54, 1.807) is 46.1 Å². The van der Waals surface area contributed by atoms with Gasteiger partial charge in [-0.3, -0.25) is 9.36 Å². The van der Waals surface area contributed by atoms with Gasteiger partial charge in [0.05, 0.1) is 23.0 Å². The molecule has 3 aromatic heterocycles. The number of hydrogen-bond acceptors (Lipinski definition) is 5. The highest BCUT2D eigenvalue weighted by Gasteiger charge is 2.33. The van der Waals surface area contributed by atoms with Gasteiger partial charge in [-0.05, 0) is 43.9 Å². The first-order chi connectivity index (χ1) is 17.8. The molecule has 2 atom stereocenters. The fourth-order valence-electron chi connectivity index (χ4n) is 5.44. The molecule has 4 aromatic rings. The van der Waals surface area contributed by atoms with Crippen LogP contribution in [0.25, 0.3) is 33.1 Å². The molecule has 1 aromatic carbocycles. The van der Waals surface area contributed by atoms with Gasteiger partial charge in [-0.1, -0.05) is 18.2 Å². The lowest BCUT2D eigenvalue weighted by Crippen LogP contribution is -2.29. The van der Waals surface area contributed by atoms with E-state index in [9.17, 15) is 22.4 Å². The average Bonchev–Trinajstić information content (AvgIpc) is 3.51. The van der Waals surface area contributed by atoms with Crippen LogP contribution in [0.4, 0.5) is 23.4 Å². The maximum absolute atomic E-state index is 14.1. The Labute approximate surface area is 209 Å². The Kier molecular flexibility index (Phi) is 5.89. The lowest BCUT2D eigenvalue weighted by molar-refractivity contribution is -0.140. The first kappa shape index (κ1) is 23.9. The van der Waals surface area contributed by atoms with Crippen molar-refractivity contribution in [1.29, 1.82) is 0 Å². The zero-order chi connectivity index (χ0) is 25.7. The van der Waals surface area contributed by atoms with Crippen LogP contribution in [-0.4, -0.2) is 51.4 Å². The van der Waals surface area contributed by atoms with E-state index < -0.39 is 30.7 Å². The highest BCUT2D eigenvalue weighted by atomic mass is 19.4. The zero-order valence-electron chi connectivity index (χ0n) is 19.9. The summed E-state index contributed by atoms with van der Waals surface area (Å²) in [5.41, 5.74) is 0.513. The van der Waals surface area contributed by atoms with Crippen molar-refractivity contribution in [3.8, 4) is 11.3 Å². The standard InChI is InChI=1S/C26H25F4N5O2/c27-16-10-12-33(14-16)24-18(7-5-11-31-24)22-21-23(35(32-22)20-9-3-4-13-37-20)17-6-1-2-8-19(17)34(25(21)36)15-26(28,29)30/h1-2,5-8,11,16,20H,3-4,9-10,12-15H2. The average molecular weight is 516 g/mol. The number of nitrogens with zero attached hydrogens (tertiary/aromatic N) is 5. The van der Waals surface area contributed by atoms with E-state index in [0.29, 0.717) is 48.3 Å². The van der Waals surface area contributed by atoms with Crippen LogP contribution in [0.15, 0.2) is 47.4 Å². The van der Waals surface area contributed by atoms with E-state index in [4.69, 9.17) is 9.84 Å².